The van der Waals surface area contributed by atoms with E-state index in [4.69, 9.17) is 20.8 Å². The predicted molar refractivity (Wildman–Crippen MR) is 101 cm³/mol. The highest BCUT2D eigenvalue weighted by atomic mass is 35.5. The van der Waals surface area contributed by atoms with Crippen LogP contribution in [0.3, 0.4) is 0 Å². The van der Waals surface area contributed by atoms with Crippen molar-refractivity contribution in [3.8, 4) is 11.3 Å². The second-order valence-electron chi connectivity index (χ2n) is 5.69. The number of furan rings is 1. The van der Waals surface area contributed by atoms with E-state index >= 15 is 0 Å². The van der Waals surface area contributed by atoms with Gasteiger partial charge in [0.1, 0.15) is 11.6 Å². The Hall–Kier alpha value is -3.72. The zero-order chi connectivity index (χ0) is 21.0. The van der Waals surface area contributed by atoms with E-state index in [1.165, 1.54) is 42.5 Å². The Morgan fingerprint density at radius 3 is 2.66 bits per heavy atom. The van der Waals surface area contributed by atoms with Gasteiger partial charge < -0.3 is 14.5 Å². The van der Waals surface area contributed by atoms with Crippen LogP contribution in [0.25, 0.3) is 11.3 Å². The number of rotatable bonds is 6. The molecule has 0 radical (unpaired) electrons. The number of nitro groups is 1. The van der Waals surface area contributed by atoms with E-state index in [2.05, 4.69) is 5.32 Å². The summed E-state index contributed by atoms with van der Waals surface area (Å²) in [6.07, 6.45) is 0. The number of carbonyl (C=O) groups excluding carboxylic acids is 2. The predicted octanol–water partition coefficient (Wildman–Crippen LogP) is 4.44. The molecule has 8 nitrogen and oxygen atoms in total. The lowest BCUT2D eigenvalue weighted by atomic mass is 10.1. The van der Waals surface area contributed by atoms with Crippen LogP contribution in [0.2, 0.25) is 5.02 Å². The molecule has 1 amide bonds. The molecule has 0 atom stereocenters. The Bertz CT molecular complexity index is 1100. The average Bonchev–Trinajstić information content (AvgIpc) is 3.18. The molecule has 2 aromatic carbocycles. The molecule has 0 spiro atoms. The molecule has 3 aromatic rings. The maximum absolute atomic E-state index is 13.8. The Labute approximate surface area is 168 Å². The lowest BCUT2D eigenvalue weighted by Crippen LogP contribution is -2.21. The summed E-state index contributed by atoms with van der Waals surface area (Å²) in [5.74, 6) is -2.31. The van der Waals surface area contributed by atoms with Gasteiger partial charge in [0, 0.05) is 12.1 Å². The Kier molecular flexibility index (Phi) is 5.89. The van der Waals surface area contributed by atoms with Crippen molar-refractivity contribution in [1.29, 1.82) is 0 Å². The molecule has 0 bridgehead atoms. The van der Waals surface area contributed by atoms with Gasteiger partial charge in [-0.2, -0.15) is 0 Å². The molecule has 0 saturated heterocycles. The number of nitro benzene ring substituents is 1. The molecule has 0 saturated carbocycles. The maximum Gasteiger partial charge on any atom is 0.374 e. The first-order chi connectivity index (χ1) is 13.8. The second-order valence-corrected chi connectivity index (χ2v) is 6.10. The molecule has 1 heterocycles. The van der Waals surface area contributed by atoms with Crippen molar-refractivity contribution in [3.63, 3.8) is 0 Å². The quantitative estimate of drug-likeness (QED) is 0.360. The van der Waals surface area contributed by atoms with Crippen LogP contribution < -0.4 is 5.32 Å². The molecule has 148 valence electrons. The summed E-state index contributed by atoms with van der Waals surface area (Å²) < 4.78 is 23.9. The summed E-state index contributed by atoms with van der Waals surface area (Å²) >= 11 is 5.89. The third kappa shape index (κ3) is 4.77. The molecule has 1 N–H and O–H groups in total. The van der Waals surface area contributed by atoms with Crippen LogP contribution in [-0.4, -0.2) is 23.4 Å². The van der Waals surface area contributed by atoms with E-state index in [1.807, 2.05) is 0 Å². The van der Waals surface area contributed by atoms with Crippen molar-refractivity contribution in [2.24, 2.45) is 0 Å². The van der Waals surface area contributed by atoms with Gasteiger partial charge in [0.25, 0.3) is 11.6 Å². The molecular weight excluding hydrogens is 407 g/mol. The Morgan fingerprint density at radius 1 is 1.17 bits per heavy atom. The number of anilines is 1. The zero-order valence-corrected chi connectivity index (χ0v) is 15.3. The fourth-order valence-corrected chi connectivity index (χ4v) is 2.53. The molecular formula is C19H12ClFN2O6. The molecule has 0 fully saturated rings. The van der Waals surface area contributed by atoms with E-state index in [-0.39, 0.29) is 33.5 Å². The number of carbonyl (C=O) groups is 2. The van der Waals surface area contributed by atoms with Crippen LogP contribution in [0.5, 0.6) is 0 Å². The van der Waals surface area contributed by atoms with Gasteiger partial charge in [0.05, 0.1) is 21.2 Å². The highest BCUT2D eigenvalue weighted by molar-refractivity contribution is 6.33. The van der Waals surface area contributed by atoms with Gasteiger partial charge >= 0.3 is 5.97 Å². The summed E-state index contributed by atoms with van der Waals surface area (Å²) in [4.78, 5) is 34.1. The zero-order valence-electron chi connectivity index (χ0n) is 14.6. The number of halogens is 2. The Balaban J connectivity index is 1.61. The fraction of sp³-hybridized carbons (Fsp3) is 0.0526. The standard InChI is InChI=1S/C19H12ClFN2O6/c20-13-6-5-11(23(26)27)9-15(13)22-18(24)10-28-19(25)17-8-7-16(29-17)12-3-1-2-4-14(12)21/h1-9H,10H2,(H,22,24). The summed E-state index contributed by atoms with van der Waals surface area (Å²) in [5, 5.41) is 13.2. The van der Waals surface area contributed by atoms with Crippen LogP contribution >= 0.6 is 11.6 Å². The third-order valence-corrected chi connectivity index (χ3v) is 4.05. The summed E-state index contributed by atoms with van der Waals surface area (Å²) in [7, 11) is 0. The van der Waals surface area contributed by atoms with Crippen molar-refractivity contribution in [1.82, 2.24) is 0 Å². The number of amides is 1. The van der Waals surface area contributed by atoms with Crippen LogP contribution in [0, 0.1) is 15.9 Å². The SMILES string of the molecule is O=C(COC(=O)c1ccc(-c2ccccc2F)o1)Nc1cc([N+](=O)[O-])ccc1Cl. The molecule has 0 unspecified atom stereocenters. The Morgan fingerprint density at radius 2 is 1.93 bits per heavy atom. The van der Waals surface area contributed by atoms with Gasteiger partial charge in [0.2, 0.25) is 5.76 Å². The topological polar surface area (TPSA) is 112 Å². The first kappa shape index (κ1) is 20.0. The highest BCUT2D eigenvalue weighted by Gasteiger charge is 2.18. The lowest BCUT2D eigenvalue weighted by molar-refractivity contribution is -0.384. The average molecular weight is 419 g/mol. The number of esters is 1. The number of benzene rings is 2. The van der Waals surface area contributed by atoms with Gasteiger partial charge in [0.15, 0.2) is 6.61 Å². The van der Waals surface area contributed by atoms with Gasteiger partial charge in [-0.15, -0.1) is 0 Å². The normalized spacial score (nSPS) is 10.4. The maximum atomic E-state index is 13.8. The number of nitrogens with one attached hydrogen (secondary N) is 1. The lowest BCUT2D eigenvalue weighted by Gasteiger charge is -2.07. The summed E-state index contributed by atoms with van der Waals surface area (Å²) in [5.41, 5.74) is -0.0932. The van der Waals surface area contributed by atoms with E-state index in [0.29, 0.717) is 0 Å². The molecule has 0 aliphatic heterocycles. The smallest absolute Gasteiger partial charge is 0.374 e. The van der Waals surface area contributed by atoms with Gasteiger partial charge in [-0.05, 0) is 30.3 Å². The summed E-state index contributed by atoms with van der Waals surface area (Å²) in [6, 6.07) is 12.1. The van der Waals surface area contributed by atoms with E-state index in [9.17, 15) is 24.1 Å². The second kappa shape index (κ2) is 8.53. The molecule has 0 aliphatic rings. The van der Waals surface area contributed by atoms with Crippen molar-refractivity contribution in [2.45, 2.75) is 0 Å². The van der Waals surface area contributed by atoms with Gasteiger partial charge in [-0.1, -0.05) is 23.7 Å². The number of hydrogen-bond donors (Lipinski definition) is 1. The van der Waals surface area contributed by atoms with Gasteiger partial charge in [-0.25, -0.2) is 9.18 Å². The minimum absolute atomic E-state index is 0.00162. The molecule has 10 heteroatoms. The van der Waals surface area contributed by atoms with Crippen molar-refractivity contribution in [2.75, 3.05) is 11.9 Å². The minimum atomic E-state index is -0.937. The number of ether oxygens (including phenoxy) is 1. The van der Waals surface area contributed by atoms with E-state index in [1.54, 1.807) is 6.07 Å². The minimum Gasteiger partial charge on any atom is -0.450 e. The van der Waals surface area contributed by atoms with Crippen molar-refractivity contribution < 1.29 is 28.1 Å². The largest absolute Gasteiger partial charge is 0.450 e. The van der Waals surface area contributed by atoms with Crippen LogP contribution in [0.1, 0.15) is 10.6 Å². The fourth-order valence-electron chi connectivity index (χ4n) is 2.36. The number of nitrogens with zero attached hydrogens (tertiary/aromatic N) is 1. The van der Waals surface area contributed by atoms with Crippen LogP contribution in [-0.2, 0) is 9.53 Å². The third-order valence-electron chi connectivity index (χ3n) is 3.72. The molecule has 0 aliphatic carbocycles. The molecule has 29 heavy (non-hydrogen) atoms. The number of hydrogen-bond acceptors (Lipinski definition) is 6. The van der Waals surface area contributed by atoms with Crippen molar-refractivity contribution >= 4 is 34.9 Å². The first-order valence-electron chi connectivity index (χ1n) is 8.11. The highest BCUT2D eigenvalue weighted by Crippen LogP contribution is 2.27. The van der Waals surface area contributed by atoms with E-state index in [0.717, 1.165) is 6.07 Å². The molecule has 1 aromatic heterocycles. The monoisotopic (exact) mass is 418 g/mol. The van der Waals surface area contributed by atoms with E-state index < -0.39 is 29.2 Å². The first-order valence-corrected chi connectivity index (χ1v) is 8.48. The van der Waals surface area contributed by atoms with Crippen LogP contribution in [0.15, 0.2) is 59.0 Å². The number of non-ortho nitro benzene ring substituents is 1. The molecule has 3 rings (SSSR count). The van der Waals surface area contributed by atoms with Gasteiger partial charge in [-0.3, -0.25) is 14.9 Å². The van der Waals surface area contributed by atoms with Crippen molar-refractivity contribution in [3.05, 3.63) is 81.3 Å². The van der Waals surface area contributed by atoms with Crippen LogP contribution in [0.4, 0.5) is 15.8 Å². The summed E-state index contributed by atoms with van der Waals surface area (Å²) in [6.45, 7) is -0.687.